The molecule has 1 aliphatic heterocycles. The summed E-state index contributed by atoms with van der Waals surface area (Å²) >= 11 is 0. The predicted molar refractivity (Wildman–Crippen MR) is 61.9 cm³/mol. The van der Waals surface area contributed by atoms with E-state index in [-0.39, 0.29) is 12.1 Å². The first kappa shape index (κ1) is 16.0. The molecule has 0 aromatic carbocycles. The number of nitrogens with zero attached hydrogens (tertiary/aromatic N) is 1. The standard InChI is InChI=1S/C12H14F3NO5/c1-4-7(13)10(8(14)11(15)16-4)20-3-5-2-6(17)9(18)12(19)21-5/h5-6,9,12,17-19H,2-3H2,1H3. The van der Waals surface area contributed by atoms with Crippen molar-refractivity contribution in [3.05, 3.63) is 23.3 Å². The molecule has 0 radical (unpaired) electrons. The largest absolute Gasteiger partial charge is 0.485 e. The van der Waals surface area contributed by atoms with Gasteiger partial charge in [0.25, 0.3) is 5.95 Å². The summed E-state index contributed by atoms with van der Waals surface area (Å²) in [6, 6.07) is 0. The summed E-state index contributed by atoms with van der Waals surface area (Å²) < 4.78 is 49.9. The van der Waals surface area contributed by atoms with E-state index in [4.69, 9.17) is 9.47 Å². The van der Waals surface area contributed by atoms with Crippen LogP contribution in [0.25, 0.3) is 0 Å². The maximum absolute atomic E-state index is 13.6. The average molecular weight is 309 g/mol. The van der Waals surface area contributed by atoms with Gasteiger partial charge in [-0.3, -0.25) is 0 Å². The van der Waals surface area contributed by atoms with Crippen LogP contribution in [0.4, 0.5) is 13.2 Å². The summed E-state index contributed by atoms with van der Waals surface area (Å²) in [4.78, 5) is 3.02. The lowest BCUT2D eigenvalue weighted by Gasteiger charge is -2.34. The van der Waals surface area contributed by atoms with Crippen molar-refractivity contribution in [3.63, 3.8) is 0 Å². The first-order chi connectivity index (χ1) is 9.81. The number of halogens is 3. The van der Waals surface area contributed by atoms with Crippen LogP contribution in [0.5, 0.6) is 5.75 Å². The predicted octanol–water partition coefficient (Wildman–Crippen LogP) is 0.0152. The van der Waals surface area contributed by atoms with E-state index in [1.54, 1.807) is 0 Å². The Kier molecular flexibility index (Phi) is 4.67. The number of rotatable bonds is 3. The zero-order valence-electron chi connectivity index (χ0n) is 11.0. The zero-order valence-corrected chi connectivity index (χ0v) is 11.0. The monoisotopic (exact) mass is 309 g/mol. The van der Waals surface area contributed by atoms with Crippen molar-refractivity contribution in [1.82, 2.24) is 4.98 Å². The van der Waals surface area contributed by atoms with Gasteiger partial charge in [-0.15, -0.1) is 0 Å². The molecular formula is C12H14F3NO5. The lowest BCUT2D eigenvalue weighted by Crippen LogP contribution is -2.49. The Labute approximate surface area is 117 Å². The second-order valence-electron chi connectivity index (χ2n) is 4.70. The van der Waals surface area contributed by atoms with Gasteiger partial charge in [0.05, 0.1) is 17.9 Å². The Morgan fingerprint density at radius 2 is 1.90 bits per heavy atom. The van der Waals surface area contributed by atoms with Gasteiger partial charge >= 0.3 is 0 Å². The van der Waals surface area contributed by atoms with E-state index >= 15 is 0 Å². The number of pyridine rings is 1. The van der Waals surface area contributed by atoms with Crippen molar-refractivity contribution in [1.29, 1.82) is 0 Å². The van der Waals surface area contributed by atoms with E-state index in [0.29, 0.717) is 0 Å². The van der Waals surface area contributed by atoms with Crippen LogP contribution < -0.4 is 4.74 Å². The number of hydrogen-bond donors (Lipinski definition) is 3. The van der Waals surface area contributed by atoms with Crippen molar-refractivity contribution >= 4 is 0 Å². The molecule has 2 rings (SSSR count). The Hall–Kier alpha value is -1.42. The molecular weight excluding hydrogens is 295 g/mol. The summed E-state index contributed by atoms with van der Waals surface area (Å²) in [7, 11) is 0. The fourth-order valence-corrected chi connectivity index (χ4v) is 1.94. The molecule has 4 unspecified atom stereocenters. The molecule has 6 nitrogen and oxygen atoms in total. The highest BCUT2D eigenvalue weighted by Gasteiger charge is 2.36. The number of aryl methyl sites for hydroxylation is 1. The highest BCUT2D eigenvalue weighted by molar-refractivity contribution is 5.27. The molecule has 0 aliphatic carbocycles. The lowest BCUT2D eigenvalue weighted by molar-refractivity contribution is -0.250. The maximum atomic E-state index is 13.6. The van der Waals surface area contributed by atoms with Gasteiger partial charge in [-0.05, 0) is 6.92 Å². The van der Waals surface area contributed by atoms with Crippen LogP contribution in [-0.2, 0) is 4.74 Å². The molecule has 118 valence electrons. The van der Waals surface area contributed by atoms with Gasteiger partial charge in [0.1, 0.15) is 12.7 Å². The first-order valence-electron chi connectivity index (χ1n) is 6.14. The normalized spacial score (nSPS) is 29.5. The van der Waals surface area contributed by atoms with Gasteiger partial charge in [0, 0.05) is 6.42 Å². The second-order valence-corrected chi connectivity index (χ2v) is 4.70. The molecule has 4 atom stereocenters. The SMILES string of the molecule is Cc1nc(F)c(F)c(OCC2CC(O)C(O)C(O)O2)c1F. The molecule has 2 heterocycles. The van der Waals surface area contributed by atoms with E-state index in [2.05, 4.69) is 4.98 Å². The third kappa shape index (κ3) is 3.26. The molecule has 21 heavy (non-hydrogen) atoms. The lowest BCUT2D eigenvalue weighted by atomic mass is 10.0. The van der Waals surface area contributed by atoms with Crippen LogP contribution in [-0.4, -0.2) is 51.5 Å². The summed E-state index contributed by atoms with van der Waals surface area (Å²) in [5, 5.41) is 28.0. The van der Waals surface area contributed by atoms with Crippen LogP contribution in [0.3, 0.4) is 0 Å². The average Bonchev–Trinajstić information content (AvgIpc) is 2.42. The molecule has 0 amide bonds. The Morgan fingerprint density at radius 3 is 2.52 bits per heavy atom. The Balaban J connectivity index is 2.07. The molecule has 1 saturated heterocycles. The molecule has 0 spiro atoms. The van der Waals surface area contributed by atoms with Crippen LogP contribution in [0, 0.1) is 24.5 Å². The van der Waals surface area contributed by atoms with Crippen molar-refractivity contribution in [2.45, 2.75) is 37.9 Å². The van der Waals surface area contributed by atoms with Crippen molar-refractivity contribution < 1.29 is 38.0 Å². The number of aliphatic hydroxyl groups excluding tert-OH is 3. The van der Waals surface area contributed by atoms with Crippen molar-refractivity contribution in [3.8, 4) is 5.75 Å². The third-order valence-electron chi connectivity index (χ3n) is 3.10. The van der Waals surface area contributed by atoms with Crippen LogP contribution in [0.1, 0.15) is 12.1 Å². The van der Waals surface area contributed by atoms with E-state index in [1.165, 1.54) is 0 Å². The minimum atomic E-state index is -1.65. The van der Waals surface area contributed by atoms with Gasteiger partial charge < -0.3 is 24.8 Å². The highest BCUT2D eigenvalue weighted by Crippen LogP contribution is 2.26. The fourth-order valence-electron chi connectivity index (χ4n) is 1.94. The van der Waals surface area contributed by atoms with E-state index in [9.17, 15) is 28.5 Å². The number of hydrogen-bond acceptors (Lipinski definition) is 6. The molecule has 1 aromatic heterocycles. The fraction of sp³-hybridized carbons (Fsp3) is 0.583. The van der Waals surface area contributed by atoms with Gasteiger partial charge in [-0.25, -0.2) is 9.37 Å². The Morgan fingerprint density at radius 1 is 1.24 bits per heavy atom. The molecule has 0 bridgehead atoms. The smallest absolute Gasteiger partial charge is 0.253 e. The van der Waals surface area contributed by atoms with E-state index in [0.717, 1.165) is 6.92 Å². The Bertz CT molecular complexity index is 492. The van der Waals surface area contributed by atoms with Crippen LogP contribution >= 0.6 is 0 Å². The van der Waals surface area contributed by atoms with Crippen LogP contribution in [0.2, 0.25) is 0 Å². The highest BCUT2D eigenvalue weighted by atomic mass is 19.2. The maximum Gasteiger partial charge on any atom is 0.253 e. The molecule has 1 fully saturated rings. The molecule has 3 N–H and O–H groups in total. The molecule has 9 heteroatoms. The molecule has 1 aliphatic rings. The second kappa shape index (κ2) is 6.14. The summed E-state index contributed by atoms with van der Waals surface area (Å²) in [5.74, 6) is -5.16. The molecule has 1 aromatic rings. The van der Waals surface area contributed by atoms with Gasteiger partial charge in [0.2, 0.25) is 5.82 Å². The van der Waals surface area contributed by atoms with E-state index in [1.807, 2.05) is 0 Å². The quantitative estimate of drug-likeness (QED) is 0.682. The molecule has 0 saturated carbocycles. The third-order valence-corrected chi connectivity index (χ3v) is 3.10. The van der Waals surface area contributed by atoms with Crippen molar-refractivity contribution in [2.75, 3.05) is 6.61 Å². The first-order valence-corrected chi connectivity index (χ1v) is 6.14. The number of aromatic nitrogens is 1. The van der Waals surface area contributed by atoms with Gasteiger partial charge in [0.15, 0.2) is 17.9 Å². The summed E-state index contributed by atoms with van der Waals surface area (Å²) in [6.07, 6.45) is -5.43. The van der Waals surface area contributed by atoms with Gasteiger partial charge in [-0.1, -0.05) is 0 Å². The van der Waals surface area contributed by atoms with Crippen LogP contribution in [0.15, 0.2) is 0 Å². The van der Waals surface area contributed by atoms with Crippen molar-refractivity contribution in [2.24, 2.45) is 0 Å². The minimum Gasteiger partial charge on any atom is -0.485 e. The number of ether oxygens (including phenoxy) is 2. The zero-order chi connectivity index (χ0) is 15.7. The minimum absolute atomic E-state index is 0.117. The summed E-state index contributed by atoms with van der Waals surface area (Å²) in [6.45, 7) is 0.698. The number of aliphatic hydroxyl groups is 3. The summed E-state index contributed by atoms with van der Waals surface area (Å²) in [5.41, 5.74) is -0.371. The topological polar surface area (TPSA) is 92.0 Å². The van der Waals surface area contributed by atoms with Gasteiger partial charge in [-0.2, -0.15) is 8.78 Å². The van der Waals surface area contributed by atoms with E-state index < -0.39 is 54.5 Å².